The molecule has 3 nitrogen and oxygen atoms in total. The third-order valence-corrected chi connectivity index (χ3v) is 4.46. The summed E-state index contributed by atoms with van der Waals surface area (Å²) in [6.45, 7) is 0.954. The van der Waals surface area contributed by atoms with Crippen molar-refractivity contribution < 1.29 is 9.90 Å². The van der Waals surface area contributed by atoms with Crippen molar-refractivity contribution in [2.24, 2.45) is 5.92 Å². The van der Waals surface area contributed by atoms with Crippen LogP contribution in [0.15, 0.2) is 22.7 Å². The molecule has 0 spiro atoms. The monoisotopic (exact) mass is 325 g/mol. The molecule has 0 amide bonds. The summed E-state index contributed by atoms with van der Waals surface area (Å²) in [5.74, 6) is -0.0345. The SMILES string of the molecule is O=C(O)c1ccc(NCCC2CCCCC2)c(Br)c1. The van der Waals surface area contributed by atoms with E-state index in [1.807, 2.05) is 6.07 Å². The van der Waals surface area contributed by atoms with Gasteiger partial charge in [0, 0.05) is 16.7 Å². The fourth-order valence-electron chi connectivity index (χ4n) is 2.68. The van der Waals surface area contributed by atoms with Gasteiger partial charge in [0.15, 0.2) is 0 Å². The van der Waals surface area contributed by atoms with Gasteiger partial charge in [-0.1, -0.05) is 32.1 Å². The number of hydrogen-bond donors (Lipinski definition) is 2. The molecule has 2 rings (SSSR count). The van der Waals surface area contributed by atoms with E-state index in [2.05, 4.69) is 21.2 Å². The van der Waals surface area contributed by atoms with Crippen LogP contribution in [0.5, 0.6) is 0 Å². The van der Waals surface area contributed by atoms with Crippen molar-refractivity contribution in [1.82, 2.24) is 0 Å². The van der Waals surface area contributed by atoms with Gasteiger partial charge < -0.3 is 10.4 Å². The molecule has 0 aromatic heterocycles. The zero-order chi connectivity index (χ0) is 13.7. The lowest BCUT2D eigenvalue weighted by Gasteiger charge is -2.21. The van der Waals surface area contributed by atoms with E-state index in [1.165, 1.54) is 38.5 Å². The maximum absolute atomic E-state index is 10.8. The predicted molar refractivity (Wildman–Crippen MR) is 80.8 cm³/mol. The first-order valence-corrected chi connectivity index (χ1v) is 7.73. The molecule has 4 heteroatoms. The highest BCUT2D eigenvalue weighted by Crippen LogP contribution is 2.27. The highest BCUT2D eigenvalue weighted by atomic mass is 79.9. The highest BCUT2D eigenvalue weighted by Gasteiger charge is 2.13. The molecule has 19 heavy (non-hydrogen) atoms. The number of nitrogens with one attached hydrogen (secondary N) is 1. The number of benzene rings is 1. The molecule has 1 aromatic carbocycles. The number of carboxylic acid groups (broad SMARTS) is 1. The molecule has 0 atom stereocenters. The van der Waals surface area contributed by atoms with Gasteiger partial charge in [-0.25, -0.2) is 4.79 Å². The largest absolute Gasteiger partial charge is 0.478 e. The zero-order valence-electron chi connectivity index (χ0n) is 11.0. The lowest BCUT2D eigenvalue weighted by Crippen LogP contribution is -2.12. The molecule has 0 unspecified atom stereocenters. The quantitative estimate of drug-likeness (QED) is 0.836. The Labute approximate surface area is 122 Å². The van der Waals surface area contributed by atoms with Crippen molar-refractivity contribution in [2.75, 3.05) is 11.9 Å². The van der Waals surface area contributed by atoms with E-state index in [1.54, 1.807) is 12.1 Å². The minimum Gasteiger partial charge on any atom is -0.478 e. The van der Waals surface area contributed by atoms with E-state index in [0.29, 0.717) is 5.56 Å². The third kappa shape index (κ3) is 4.23. The molecule has 0 bridgehead atoms. The Morgan fingerprint density at radius 1 is 1.32 bits per heavy atom. The summed E-state index contributed by atoms with van der Waals surface area (Å²) >= 11 is 3.42. The van der Waals surface area contributed by atoms with Crippen LogP contribution < -0.4 is 5.32 Å². The summed E-state index contributed by atoms with van der Waals surface area (Å²) in [6.07, 6.45) is 8.07. The highest BCUT2D eigenvalue weighted by molar-refractivity contribution is 9.10. The second kappa shape index (κ2) is 6.94. The van der Waals surface area contributed by atoms with Crippen molar-refractivity contribution in [1.29, 1.82) is 0 Å². The molecule has 1 aliphatic rings. The van der Waals surface area contributed by atoms with Crippen LogP contribution in [0.3, 0.4) is 0 Å². The van der Waals surface area contributed by atoms with Gasteiger partial charge in [-0.05, 0) is 46.5 Å². The number of hydrogen-bond acceptors (Lipinski definition) is 2. The van der Waals surface area contributed by atoms with E-state index < -0.39 is 5.97 Å². The Morgan fingerprint density at radius 2 is 2.05 bits per heavy atom. The van der Waals surface area contributed by atoms with E-state index in [-0.39, 0.29) is 0 Å². The van der Waals surface area contributed by atoms with E-state index in [0.717, 1.165) is 22.6 Å². The number of halogens is 1. The molecular formula is C15H20BrNO2. The van der Waals surface area contributed by atoms with Gasteiger partial charge in [-0.3, -0.25) is 0 Å². The number of aromatic carboxylic acids is 1. The number of carboxylic acids is 1. The number of rotatable bonds is 5. The average Bonchev–Trinajstić information content (AvgIpc) is 2.41. The molecule has 1 fully saturated rings. The van der Waals surface area contributed by atoms with Gasteiger partial charge in [0.2, 0.25) is 0 Å². The first-order valence-electron chi connectivity index (χ1n) is 6.93. The van der Waals surface area contributed by atoms with Gasteiger partial charge in [0.1, 0.15) is 0 Å². The normalized spacial score (nSPS) is 16.3. The maximum atomic E-state index is 10.8. The minimum atomic E-state index is -0.894. The predicted octanol–water partition coefficient (Wildman–Crippen LogP) is 4.53. The smallest absolute Gasteiger partial charge is 0.335 e. The lowest BCUT2D eigenvalue weighted by molar-refractivity contribution is 0.0697. The van der Waals surface area contributed by atoms with Crippen molar-refractivity contribution in [2.45, 2.75) is 38.5 Å². The first-order chi connectivity index (χ1) is 9.16. The molecule has 104 valence electrons. The summed E-state index contributed by atoms with van der Waals surface area (Å²) in [5.41, 5.74) is 1.28. The summed E-state index contributed by atoms with van der Waals surface area (Å²) in [7, 11) is 0. The Kier molecular flexibility index (Phi) is 5.25. The third-order valence-electron chi connectivity index (χ3n) is 3.81. The van der Waals surface area contributed by atoms with E-state index in [9.17, 15) is 4.79 Å². The molecule has 0 heterocycles. The lowest BCUT2D eigenvalue weighted by atomic mass is 9.87. The Hall–Kier alpha value is -1.03. The molecule has 1 aliphatic carbocycles. The van der Waals surface area contributed by atoms with Crippen molar-refractivity contribution in [3.8, 4) is 0 Å². The van der Waals surface area contributed by atoms with Crippen LogP contribution in [0.2, 0.25) is 0 Å². The summed E-state index contributed by atoms with van der Waals surface area (Å²) in [5, 5.41) is 12.3. The van der Waals surface area contributed by atoms with Crippen LogP contribution >= 0.6 is 15.9 Å². The summed E-state index contributed by atoms with van der Waals surface area (Å²) in [6, 6.07) is 5.11. The Balaban J connectivity index is 1.83. The van der Waals surface area contributed by atoms with Crippen LogP contribution in [0.25, 0.3) is 0 Å². The van der Waals surface area contributed by atoms with Crippen LogP contribution in [-0.4, -0.2) is 17.6 Å². The van der Waals surface area contributed by atoms with Gasteiger partial charge in [-0.2, -0.15) is 0 Å². The Bertz CT molecular complexity index is 442. The van der Waals surface area contributed by atoms with Gasteiger partial charge in [0.25, 0.3) is 0 Å². The molecule has 1 saturated carbocycles. The van der Waals surface area contributed by atoms with Crippen LogP contribution in [0, 0.1) is 5.92 Å². The van der Waals surface area contributed by atoms with Crippen molar-refractivity contribution in [3.63, 3.8) is 0 Å². The number of carbonyl (C=O) groups is 1. The minimum absolute atomic E-state index is 0.310. The van der Waals surface area contributed by atoms with Crippen molar-refractivity contribution >= 4 is 27.6 Å². The topological polar surface area (TPSA) is 49.3 Å². The summed E-state index contributed by atoms with van der Waals surface area (Å²) in [4.78, 5) is 10.8. The second-order valence-electron chi connectivity index (χ2n) is 5.22. The van der Waals surface area contributed by atoms with Gasteiger partial charge in [0.05, 0.1) is 5.56 Å². The van der Waals surface area contributed by atoms with Crippen LogP contribution in [0.1, 0.15) is 48.9 Å². The van der Waals surface area contributed by atoms with E-state index in [4.69, 9.17) is 5.11 Å². The van der Waals surface area contributed by atoms with E-state index >= 15 is 0 Å². The zero-order valence-corrected chi connectivity index (χ0v) is 12.6. The van der Waals surface area contributed by atoms with Crippen molar-refractivity contribution in [3.05, 3.63) is 28.2 Å². The van der Waals surface area contributed by atoms with Gasteiger partial charge in [-0.15, -0.1) is 0 Å². The molecule has 1 aromatic rings. The fraction of sp³-hybridized carbons (Fsp3) is 0.533. The molecule has 2 N–H and O–H groups in total. The fourth-order valence-corrected chi connectivity index (χ4v) is 3.20. The summed E-state index contributed by atoms with van der Waals surface area (Å²) < 4.78 is 0.816. The Morgan fingerprint density at radius 3 is 2.68 bits per heavy atom. The number of anilines is 1. The first kappa shape index (κ1) is 14.4. The van der Waals surface area contributed by atoms with Crippen LogP contribution in [-0.2, 0) is 0 Å². The second-order valence-corrected chi connectivity index (χ2v) is 6.07. The van der Waals surface area contributed by atoms with Gasteiger partial charge >= 0.3 is 5.97 Å². The maximum Gasteiger partial charge on any atom is 0.335 e. The van der Waals surface area contributed by atoms with Crippen LogP contribution in [0.4, 0.5) is 5.69 Å². The molecular weight excluding hydrogens is 306 g/mol. The average molecular weight is 326 g/mol. The molecule has 0 aliphatic heterocycles. The molecule has 0 saturated heterocycles. The standard InChI is InChI=1S/C15H20BrNO2/c16-13-10-12(15(18)19)6-7-14(13)17-9-8-11-4-2-1-3-5-11/h6-7,10-11,17H,1-5,8-9H2,(H,18,19). The molecule has 0 radical (unpaired) electrons.